The van der Waals surface area contributed by atoms with Crippen LogP contribution in [0, 0.1) is 20.8 Å². The molecule has 1 fully saturated rings. The lowest BCUT2D eigenvalue weighted by molar-refractivity contribution is 0.748. The van der Waals surface area contributed by atoms with Crippen molar-refractivity contribution in [2.24, 2.45) is 0 Å². The van der Waals surface area contributed by atoms with Crippen LogP contribution < -0.4 is 10.9 Å². The van der Waals surface area contributed by atoms with Crippen molar-refractivity contribution in [2.75, 3.05) is 5.32 Å². The van der Waals surface area contributed by atoms with Gasteiger partial charge in [-0.25, -0.2) is 4.98 Å². The SMILES string of the molecule is Cc1ccc2cc(-c3nc4cccc(C)n4c3NC3CCCC3)c(=O)[nH]c2c1C. The highest BCUT2D eigenvalue weighted by molar-refractivity contribution is 5.88. The van der Waals surface area contributed by atoms with E-state index >= 15 is 0 Å². The number of imidazole rings is 1. The Hall–Kier alpha value is -3.08. The summed E-state index contributed by atoms with van der Waals surface area (Å²) in [6, 6.07) is 12.7. The van der Waals surface area contributed by atoms with Gasteiger partial charge in [-0.1, -0.05) is 31.0 Å². The third kappa shape index (κ3) is 2.92. The first-order valence-electron chi connectivity index (χ1n) is 10.4. The summed E-state index contributed by atoms with van der Waals surface area (Å²) in [7, 11) is 0. The van der Waals surface area contributed by atoms with Gasteiger partial charge in [0.1, 0.15) is 17.2 Å². The topological polar surface area (TPSA) is 62.2 Å². The van der Waals surface area contributed by atoms with Crippen molar-refractivity contribution in [3.05, 3.63) is 63.6 Å². The van der Waals surface area contributed by atoms with Crippen LogP contribution in [0.4, 0.5) is 5.82 Å². The molecular weight excluding hydrogens is 360 g/mol. The van der Waals surface area contributed by atoms with Crippen molar-refractivity contribution in [1.82, 2.24) is 14.4 Å². The molecule has 3 heterocycles. The normalized spacial score (nSPS) is 14.9. The van der Waals surface area contributed by atoms with Gasteiger partial charge in [0.05, 0.1) is 11.1 Å². The molecule has 0 atom stereocenters. The molecule has 4 aromatic rings. The van der Waals surface area contributed by atoms with Crippen molar-refractivity contribution in [3.63, 3.8) is 0 Å². The van der Waals surface area contributed by atoms with Gasteiger partial charge in [0.15, 0.2) is 0 Å². The standard InChI is InChI=1S/C24H26N4O/c1-14-11-12-17-13-19(24(29)27-21(17)16(14)3)22-23(25-18-8-4-5-9-18)28-15(2)7-6-10-20(28)26-22/h6-7,10-13,18,25H,4-5,8-9H2,1-3H3,(H,27,29). The maximum absolute atomic E-state index is 13.1. The minimum atomic E-state index is -0.0956. The molecule has 5 rings (SSSR count). The third-order valence-corrected chi connectivity index (χ3v) is 6.34. The summed E-state index contributed by atoms with van der Waals surface area (Å²) in [5, 5.41) is 4.75. The monoisotopic (exact) mass is 386 g/mol. The molecule has 3 aromatic heterocycles. The van der Waals surface area contributed by atoms with Crippen LogP contribution in [0.2, 0.25) is 0 Å². The first-order chi connectivity index (χ1) is 14.0. The molecule has 1 aliphatic carbocycles. The van der Waals surface area contributed by atoms with E-state index in [0.717, 1.165) is 52.2 Å². The smallest absolute Gasteiger partial charge is 0.258 e. The van der Waals surface area contributed by atoms with Gasteiger partial charge in [0.2, 0.25) is 0 Å². The van der Waals surface area contributed by atoms with Crippen LogP contribution in [0.1, 0.15) is 42.5 Å². The minimum Gasteiger partial charge on any atom is -0.367 e. The number of pyridine rings is 2. The zero-order chi connectivity index (χ0) is 20.1. The quantitative estimate of drug-likeness (QED) is 0.513. The van der Waals surface area contributed by atoms with E-state index in [1.54, 1.807) is 0 Å². The number of aromatic amines is 1. The van der Waals surface area contributed by atoms with E-state index in [4.69, 9.17) is 4.98 Å². The van der Waals surface area contributed by atoms with Crippen LogP contribution in [-0.2, 0) is 0 Å². The van der Waals surface area contributed by atoms with Crippen LogP contribution in [-0.4, -0.2) is 20.4 Å². The Morgan fingerprint density at radius 2 is 1.90 bits per heavy atom. The number of nitrogens with one attached hydrogen (secondary N) is 2. The Labute approximate surface area is 169 Å². The van der Waals surface area contributed by atoms with E-state index < -0.39 is 0 Å². The molecule has 148 valence electrons. The summed E-state index contributed by atoms with van der Waals surface area (Å²) in [5.74, 6) is 0.929. The number of fused-ring (bicyclic) bond motifs is 2. The molecular formula is C24H26N4O. The molecule has 0 radical (unpaired) electrons. The van der Waals surface area contributed by atoms with E-state index in [9.17, 15) is 4.79 Å². The number of hydrogen-bond donors (Lipinski definition) is 2. The Bertz CT molecular complexity index is 1290. The number of anilines is 1. The van der Waals surface area contributed by atoms with Crippen LogP contribution >= 0.6 is 0 Å². The largest absolute Gasteiger partial charge is 0.367 e. The van der Waals surface area contributed by atoms with Crippen LogP contribution in [0.3, 0.4) is 0 Å². The van der Waals surface area contributed by atoms with Crippen molar-refractivity contribution in [3.8, 4) is 11.3 Å². The molecule has 5 nitrogen and oxygen atoms in total. The molecule has 0 unspecified atom stereocenters. The average molecular weight is 386 g/mol. The summed E-state index contributed by atoms with van der Waals surface area (Å²) in [5.41, 5.74) is 6.40. The number of rotatable bonds is 3. The minimum absolute atomic E-state index is 0.0956. The Morgan fingerprint density at radius 3 is 2.69 bits per heavy atom. The molecule has 0 amide bonds. The molecule has 0 saturated heterocycles. The first-order valence-corrected chi connectivity index (χ1v) is 10.4. The Morgan fingerprint density at radius 1 is 1.10 bits per heavy atom. The first kappa shape index (κ1) is 18.0. The molecule has 29 heavy (non-hydrogen) atoms. The van der Waals surface area contributed by atoms with Gasteiger partial charge in [-0.05, 0) is 68.3 Å². The zero-order valence-corrected chi connectivity index (χ0v) is 17.2. The number of benzene rings is 1. The Balaban J connectivity index is 1.76. The van der Waals surface area contributed by atoms with E-state index in [1.165, 1.54) is 18.4 Å². The van der Waals surface area contributed by atoms with E-state index in [0.29, 0.717) is 11.6 Å². The number of aromatic nitrogens is 3. The third-order valence-electron chi connectivity index (χ3n) is 6.34. The summed E-state index contributed by atoms with van der Waals surface area (Å²) in [4.78, 5) is 21.1. The predicted molar refractivity (Wildman–Crippen MR) is 119 cm³/mol. The van der Waals surface area contributed by atoms with Gasteiger partial charge in [0.25, 0.3) is 5.56 Å². The highest BCUT2D eigenvalue weighted by Gasteiger charge is 2.23. The lowest BCUT2D eigenvalue weighted by atomic mass is 10.0. The van der Waals surface area contributed by atoms with Crippen LogP contribution in [0.5, 0.6) is 0 Å². The second-order valence-electron chi connectivity index (χ2n) is 8.28. The second kappa shape index (κ2) is 6.76. The fourth-order valence-corrected chi connectivity index (χ4v) is 4.54. The summed E-state index contributed by atoms with van der Waals surface area (Å²) in [6.45, 7) is 6.19. The van der Waals surface area contributed by atoms with Crippen LogP contribution in [0.15, 0.2) is 41.2 Å². The van der Waals surface area contributed by atoms with Gasteiger partial charge in [-0.15, -0.1) is 0 Å². The predicted octanol–water partition coefficient (Wildman–Crippen LogP) is 5.12. The van der Waals surface area contributed by atoms with E-state index in [1.807, 2.05) is 18.2 Å². The molecule has 0 bridgehead atoms. The fourth-order valence-electron chi connectivity index (χ4n) is 4.54. The average Bonchev–Trinajstić information content (AvgIpc) is 3.34. The lowest BCUT2D eigenvalue weighted by Gasteiger charge is -2.16. The fraction of sp³-hybridized carbons (Fsp3) is 0.333. The van der Waals surface area contributed by atoms with Gasteiger partial charge >= 0.3 is 0 Å². The molecule has 1 aliphatic rings. The van der Waals surface area contributed by atoms with E-state index in [-0.39, 0.29) is 5.56 Å². The second-order valence-corrected chi connectivity index (χ2v) is 8.28. The Kier molecular flexibility index (Phi) is 4.19. The van der Waals surface area contributed by atoms with Crippen LogP contribution in [0.25, 0.3) is 27.8 Å². The number of aryl methyl sites for hydroxylation is 3. The van der Waals surface area contributed by atoms with Crippen molar-refractivity contribution >= 4 is 22.4 Å². The summed E-state index contributed by atoms with van der Waals surface area (Å²) >= 11 is 0. The van der Waals surface area contributed by atoms with Gasteiger partial charge in [-0.3, -0.25) is 9.20 Å². The highest BCUT2D eigenvalue weighted by atomic mass is 16.1. The maximum atomic E-state index is 13.1. The van der Waals surface area contributed by atoms with Gasteiger partial charge < -0.3 is 10.3 Å². The number of nitrogens with zero attached hydrogens (tertiary/aromatic N) is 2. The molecule has 5 heteroatoms. The summed E-state index contributed by atoms with van der Waals surface area (Å²) < 4.78 is 2.14. The molecule has 2 N–H and O–H groups in total. The molecule has 1 saturated carbocycles. The van der Waals surface area contributed by atoms with Gasteiger partial charge in [-0.2, -0.15) is 0 Å². The van der Waals surface area contributed by atoms with E-state index in [2.05, 4.69) is 53.7 Å². The zero-order valence-electron chi connectivity index (χ0n) is 17.2. The maximum Gasteiger partial charge on any atom is 0.258 e. The summed E-state index contributed by atoms with van der Waals surface area (Å²) in [6.07, 6.45) is 4.81. The van der Waals surface area contributed by atoms with Crippen molar-refractivity contribution < 1.29 is 0 Å². The van der Waals surface area contributed by atoms with Gasteiger partial charge in [0, 0.05) is 11.7 Å². The molecule has 0 spiro atoms. The number of H-pyrrole nitrogens is 1. The lowest BCUT2D eigenvalue weighted by Crippen LogP contribution is -2.18. The molecule has 0 aliphatic heterocycles. The van der Waals surface area contributed by atoms with Crippen molar-refractivity contribution in [2.45, 2.75) is 52.5 Å². The molecule has 1 aromatic carbocycles. The van der Waals surface area contributed by atoms with Crippen molar-refractivity contribution in [1.29, 1.82) is 0 Å². The highest BCUT2D eigenvalue weighted by Crippen LogP contribution is 2.32. The number of hydrogen-bond acceptors (Lipinski definition) is 3.